The molecule has 4 nitrogen and oxygen atoms in total. The maximum absolute atomic E-state index is 13.3. The quantitative estimate of drug-likeness (QED) is 0.666. The summed E-state index contributed by atoms with van der Waals surface area (Å²) in [5.41, 5.74) is 5.22. The summed E-state index contributed by atoms with van der Waals surface area (Å²) in [7, 11) is 0. The normalized spacial score (nSPS) is 16.9. The molecule has 0 spiro atoms. The summed E-state index contributed by atoms with van der Waals surface area (Å²) in [4.78, 5) is 20.1. The lowest BCUT2D eigenvalue weighted by molar-refractivity contribution is -0.118. The highest BCUT2D eigenvalue weighted by atomic mass is 32.2. The standard InChI is InChI=1S/C24H27N3OS/c1-2-22(24(28)27-14-13-17-9-7-8-12-21(17)27)29-23-19(16-25)15-18-10-5-3-4-6-11-20(18)26-23/h7-9,12,15,22H,2-6,10-11,13-14H2,1H3. The molecule has 0 radical (unpaired) electrons. The van der Waals surface area contributed by atoms with Gasteiger partial charge in [-0.25, -0.2) is 4.98 Å². The number of fused-ring (bicyclic) bond motifs is 2. The van der Waals surface area contributed by atoms with Crippen molar-refractivity contribution in [2.24, 2.45) is 0 Å². The van der Waals surface area contributed by atoms with Crippen molar-refractivity contribution in [2.45, 2.75) is 68.6 Å². The predicted octanol–water partition coefficient (Wildman–Crippen LogP) is 5.07. The van der Waals surface area contributed by atoms with Crippen LogP contribution in [0.3, 0.4) is 0 Å². The maximum Gasteiger partial charge on any atom is 0.240 e. The molecule has 0 saturated heterocycles. The van der Waals surface area contributed by atoms with Crippen molar-refractivity contribution in [2.75, 3.05) is 11.4 Å². The Bertz CT molecular complexity index is 950. The van der Waals surface area contributed by atoms with Gasteiger partial charge in [0.05, 0.1) is 10.8 Å². The Balaban J connectivity index is 1.59. The highest BCUT2D eigenvalue weighted by Gasteiger charge is 2.30. The summed E-state index contributed by atoms with van der Waals surface area (Å²) in [5.74, 6) is 0.125. The number of aromatic nitrogens is 1. The third-order valence-electron chi connectivity index (χ3n) is 5.94. The zero-order valence-corrected chi connectivity index (χ0v) is 17.8. The molecule has 1 aromatic heterocycles. The Morgan fingerprint density at radius 2 is 1.97 bits per heavy atom. The third kappa shape index (κ3) is 4.18. The Labute approximate surface area is 177 Å². The molecule has 1 aliphatic heterocycles. The summed E-state index contributed by atoms with van der Waals surface area (Å²) in [5, 5.41) is 10.2. The topological polar surface area (TPSA) is 57.0 Å². The molecule has 4 rings (SSSR count). The number of hydrogen-bond acceptors (Lipinski definition) is 4. The Kier molecular flexibility index (Phi) is 6.20. The van der Waals surface area contributed by atoms with Crippen LogP contribution in [-0.4, -0.2) is 22.7 Å². The summed E-state index contributed by atoms with van der Waals surface area (Å²) in [6.45, 7) is 2.77. The van der Waals surface area contributed by atoms with Gasteiger partial charge in [-0.1, -0.05) is 49.7 Å². The average Bonchev–Trinajstić information content (AvgIpc) is 3.16. The number of nitriles is 1. The molecule has 5 heteroatoms. The third-order valence-corrected chi connectivity index (χ3v) is 7.29. The first kappa shape index (κ1) is 20.0. The summed E-state index contributed by atoms with van der Waals surface area (Å²) >= 11 is 1.47. The largest absolute Gasteiger partial charge is 0.311 e. The number of nitrogens with zero attached hydrogens (tertiary/aromatic N) is 3. The number of carbonyl (C=O) groups is 1. The van der Waals surface area contributed by atoms with Gasteiger partial charge in [0.2, 0.25) is 5.91 Å². The first-order chi connectivity index (χ1) is 14.2. The fourth-order valence-corrected chi connectivity index (χ4v) is 5.38. The van der Waals surface area contributed by atoms with Crippen molar-refractivity contribution < 1.29 is 4.79 Å². The van der Waals surface area contributed by atoms with Crippen LogP contribution < -0.4 is 4.90 Å². The minimum absolute atomic E-state index is 0.125. The van der Waals surface area contributed by atoms with Crippen LogP contribution in [0.25, 0.3) is 0 Å². The lowest BCUT2D eigenvalue weighted by Gasteiger charge is -2.23. The molecule has 0 N–H and O–H groups in total. The van der Waals surface area contributed by atoms with Gasteiger partial charge in [0.25, 0.3) is 0 Å². The van der Waals surface area contributed by atoms with Gasteiger partial charge in [-0.2, -0.15) is 5.26 Å². The van der Waals surface area contributed by atoms with Gasteiger partial charge in [0, 0.05) is 17.9 Å². The van der Waals surface area contributed by atoms with Crippen LogP contribution in [0.1, 0.15) is 61.4 Å². The van der Waals surface area contributed by atoms with E-state index in [1.807, 2.05) is 36.1 Å². The average molecular weight is 406 g/mol. The van der Waals surface area contributed by atoms with Crippen LogP contribution in [-0.2, 0) is 24.1 Å². The fraction of sp³-hybridized carbons (Fsp3) is 0.458. The highest BCUT2D eigenvalue weighted by Crippen LogP contribution is 2.34. The number of rotatable bonds is 4. The Morgan fingerprint density at radius 3 is 2.76 bits per heavy atom. The van der Waals surface area contributed by atoms with E-state index in [0.29, 0.717) is 12.0 Å². The van der Waals surface area contributed by atoms with Crippen molar-refractivity contribution in [1.82, 2.24) is 4.98 Å². The summed E-state index contributed by atoms with van der Waals surface area (Å²) < 4.78 is 0. The molecule has 1 unspecified atom stereocenters. The molecule has 1 aliphatic carbocycles. The van der Waals surface area contributed by atoms with Gasteiger partial charge in [0.15, 0.2) is 0 Å². The van der Waals surface area contributed by atoms with Gasteiger partial charge in [0.1, 0.15) is 11.1 Å². The molecule has 0 fully saturated rings. The van der Waals surface area contributed by atoms with Crippen LogP contribution in [0.2, 0.25) is 0 Å². The number of anilines is 1. The number of pyridine rings is 1. The number of hydrogen-bond donors (Lipinski definition) is 0. The van der Waals surface area contributed by atoms with Crippen molar-refractivity contribution in [3.05, 3.63) is 52.7 Å². The number of aryl methyl sites for hydroxylation is 2. The second kappa shape index (κ2) is 9.00. The zero-order valence-electron chi connectivity index (χ0n) is 17.0. The molecule has 1 amide bonds. The van der Waals surface area contributed by atoms with Gasteiger partial charge in [-0.15, -0.1) is 0 Å². The molecular formula is C24H27N3OS. The molecule has 0 bridgehead atoms. The van der Waals surface area contributed by atoms with Crippen LogP contribution in [0.15, 0.2) is 35.4 Å². The SMILES string of the molecule is CCC(Sc1nc2c(cc1C#N)CCCCCC2)C(=O)N1CCc2ccccc21. The maximum atomic E-state index is 13.3. The van der Waals surface area contributed by atoms with E-state index in [2.05, 4.69) is 12.1 Å². The van der Waals surface area contributed by atoms with Gasteiger partial charge in [-0.3, -0.25) is 4.79 Å². The van der Waals surface area contributed by atoms with Gasteiger partial charge >= 0.3 is 0 Å². The van der Waals surface area contributed by atoms with Gasteiger partial charge < -0.3 is 4.90 Å². The number of carbonyl (C=O) groups excluding carboxylic acids is 1. The molecule has 1 atom stereocenters. The molecular weight excluding hydrogens is 378 g/mol. The van der Waals surface area contributed by atoms with E-state index in [1.54, 1.807) is 0 Å². The lowest BCUT2D eigenvalue weighted by atomic mass is 9.96. The van der Waals surface area contributed by atoms with Crippen molar-refractivity contribution in [3.8, 4) is 6.07 Å². The lowest BCUT2D eigenvalue weighted by Crippen LogP contribution is -2.36. The van der Waals surface area contributed by atoms with E-state index in [0.717, 1.165) is 55.1 Å². The molecule has 2 aliphatic rings. The number of benzene rings is 1. The van der Waals surface area contributed by atoms with E-state index < -0.39 is 0 Å². The van der Waals surface area contributed by atoms with E-state index in [9.17, 15) is 10.1 Å². The van der Waals surface area contributed by atoms with Gasteiger partial charge in [-0.05, 0) is 61.8 Å². The van der Waals surface area contributed by atoms with Crippen molar-refractivity contribution >= 4 is 23.4 Å². The predicted molar refractivity (Wildman–Crippen MR) is 117 cm³/mol. The monoisotopic (exact) mass is 405 g/mol. The second-order valence-electron chi connectivity index (χ2n) is 7.86. The number of para-hydroxylation sites is 1. The minimum Gasteiger partial charge on any atom is -0.311 e. The molecule has 150 valence electrons. The Morgan fingerprint density at radius 1 is 1.17 bits per heavy atom. The molecule has 29 heavy (non-hydrogen) atoms. The second-order valence-corrected chi connectivity index (χ2v) is 9.05. The molecule has 2 aromatic rings. The smallest absolute Gasteiger partial charge is 0.240 e. The fourth-order valence-electron chi connectivity index (χ4n) is 4.32. The zero-order chi connectivity index (χ0) is 20.2. The van der Waals surface area contributed by atoms with E-state index in [4.69, 9.17) is 4.98 Å². The molecule has 1 aromatic carbocycles. The van der Waals surface area contributed by atoms with Crippen molar-refractivity contribution in [1.29, 1.82) is 5.26 Å². The van der Waals surface area contributed by atoms with Crippen molar-refractivity contribution in [3.63, 3.8) is 0 Å². The van der Waals surface area contributed by atoms with Crippen LogP contribution in [0, 0.1) is 11.3 Å². The van der Waals surface area contributed by atoms with Crippen LogP contribution in [0.5, 0.6) is 0 Å². The van der Waals surface area contributed by atoms with E-state index >= 15 is 0 Å². The minimum atomic E-state index is -0.229. The number of amides is 1. The van der Waals surface area contributed by atoms with E-state index in [1.165, 1.54) is 35.7 Å². The first-order valence-electron chi connectivity index (χ1n) is 10.7. The summed E-state index contributed by atoms with van der Waals surface area (Å²) in [6.07, 6.45) is 8.40. The highest BCUT2D eigenvalue weighted by molar-refractivity contribution is 8.00. The summed E-state index contributed by atoms with van der Waals surface area (Å²) in [6, 6.07) is 12.5. The first-order valence-corrected chi connectivity index (χ1v) is 11.6. The number of thioether (sulfide) groups is 1. The van der Waals surface area contributed by atoms with E-state index in [-0.39, 0.29) is 11.2 Å². The Hall–Kier alpha value is -2.32. The molecule has 0 saturated carbocycles. The van der Waals surface area contributed by atoms with Crippen LogP contribution >= 0.6 is 11.8 Å². The van der Waals surface area contributed by atoms with Crippen LogP contribution in [0.4, 0.5) is 5.69 Å². The molecule has 2 heterocycles.